The molecule has 1 aromatic carbocycles. The highest BCUT2D eigenvalue weighted by Crippen LogP contribution is 2.28. The summed E-state index contributed by atoms with van der Waals surface area (Å²) in [5.41, 5.74) is 8.24. The number of aryl methyl sites for hydroxylation is 1. The van der Waals surface area contributed by atoms with Crippen molar-refractivity contribution in [2.24, 2.45) is 5.73 Å². The Hall–Kier alpha value is -1.65. The Kier molecular flexibility index (Phi) is 5.07. The van der Waals surface area contributed by atoms with Crippen LogP contribution in [0.3, 0.4) is 0 Å². The monoisotopic (exact) mass is 265 g/mol. The summed E-state index contributed by atoms with van der Waals surface area (Å²) in [6, 6.07) is 9.66. The van der Waals surface area contributed by atoms with Crippen molar-refractivity contribution in [3.8, 4) is 17.0 Å². The summed E-state index contributed by atoms with van der Waals surface area (Å²) in [6.45, 7) is 2.27. The largest absolute Gasteiger partial charge is 0.496 e. The molecule has 1 heterocycles. The molecule has 1 aromatic heterocycles. The second-order valence-electron chi connectivity index (χ2n) is 3.70. The topological polar surface area (TPSA) is 61.0 Å². The molecule has 2 N–H and O–H groups in total. The van der Waals surface area contributed by atoms with Gasteiger partial charge in [-0.25, -0.2) is 9.97 Å². The molecule has 2 aromatic rings. The summed E-state index contributed by atoms with van der Waals surface area (Å²) in [4.78, 5) is 8.67. The number of methoxy groups -OCH3 is 1. The van der Waals surface area contributed by atoms with Crippen molar-refractivity contribution in [1.82, 2.24) is 9.97 Å². The van der Waals surface area contributed by atoms with Crippen LogP contribution < -0.4 is 10.5 Å². The van der Waals surface area contributed by atoms with Gasteiger partial charge in [-0.1, -0.05) is 12.1 Å². The van der Waals surface area contributed by atoms with Crippen molar-refractivity contribution >= 4 is 12.4 Å². The van der Waals surface area contributed by atoms with Gasteiger partial charge >= 0.3 is 0 Å². The zero-order valence-corrected chi connectivity index (χ0v) is 11.2. The predicted molar refractivity (Wildman–Crippen MR) is 73.9 cm³/mol. The lowest BCUT2D eigenvalue weighted by Gasteiger charge is -2.09. The van der Waals surface area contributed by atoms with Gasteiger partial charge in [0, 0.05) is 12.1 Å². The normalized spacial score (nSPS) is 9.72. The summed E-state index contributed by atoms with van der Waals surface area (Å²) in [7, 11) is 1.65. The van der Waals surface area contributed by atoms with Crippen molar-refractivity contribution in [3.05, 3.63) is 41.9 Å². The zero-order valence-electron chi connectivity index (χ0n) is 10.4. The summed E-state index contributed by atoms with van der Waals surface area (Å²) in [6.07, 6.45) is 0. The van der Waals surface area contributed by atoms with E-state index < -0.39 is 0 Å². The molecular weight excluding hydrogens is 250 g/mol. The Balaban J connectivity index is 0.00000162. The number of halogens is 1. The summed E-state index contributed by atoms with van der Waals surface area (Å²) < 4.78 is 5.32. The van der Waals surface area contributed by atoms with E-state index in [2.05, 4.69) is 9.97 Å². The predicted octanol–water partition coefficient (Wildman–Crippen LogP) is 2.34. The van der Waals surface area contributed by atoms with Crippen molar-refractivity contribution in [2.75, 3.05) is 7.11 Å². The van der Waals surface area contributed by atoms with Crippen LogP contribution >= 0.6 is 12.4 Å². The first-order valence-corrected chi connectivity index (χ1v) is 5.42. The number of rotatable bonds is 3. The van der Waals surface area contributed by atoms with Crippen LogP contribution in [0, 0.1) is 6.92 Å². The Morgan fingerprint density at radius 2 is 1.94 bits per heavy atom. The summed E-state index contributed by atoms with van der Waals surface area (Å²) in [5.74, 6) is 1.52. The molecule has 0 atom stereocenters. The van der Waals surface area contributed by atoms with Crippen LogP contribution in [0.15, 0.2) is 30.3 Å². The van der Waals surface area contributed by atoms with E-state index in [9.17, 15) is 0 Å². The maximum Gasteiger partial charge on any atom is 0.128 e. The lowest BCUT2D eigenvalue weighted by Crippen LogP contribution is -2.03. The molecule has 0 amide bonds. The van der Waals surface area contributed by atoms with Crippen LogP contribution in [0.25, 0.3) is 11.3 Å². The molecular formula is C13H16ClN3O. The molecule has 0 unspecified atom stereocenters. The fourth-order valence-electron chi connectivity index (χ4n) is 1.73. The molecule has 0 aliphatic heterocycles. The third-order valence-electron chi connectivity index (χ3n) is 2.48. The smallest absolute Gasteiger partial charge is 0.128 e. The van der Waals surface area contributed by atoms with Gasteiger partial charge in [0.1, 0.15) is 11.6 Å². The maximum atomic E-state index is 5.61. The molecule has 0 radical (unpaired) electrons. The molecule has 18 heavy (non-hydrogen) atoms. The van der Waals surface area contributed by atoms with E-state index in [1.54, 1.807) is 7.11 Å². The van der Waals surface area contributed by atoms with Gasteiger partial charge in [0.25, 0.3) is 0 Å². The first kappa shape index (κ1) is 14.4. The van der Waals surface area contributed by atoms with Crippen molar-refractivity contribution < 1.29 is 4.74 Å². The number of hydrogen-bond acceptors (Lipinski definition) is 4. The quantitative estimate of drug-likeness (QED) is 0.925. The molecule has 2 rings (SSSR count). The van der Waals surface area contributed by atoms with Crippen molar-refractivity contribution in [2.45, 2.75) is 13.5 Å². The molecule has 0 aliphatic rings. The number of hydrogen-bond donors (Lipinski definition) is 1. The van der Waals surface area contributed by atoms with Crippen LogP contribution in [-0.2, 0) is 6.54 Å². The van der Waals surface area contributed by atoms with Crippen LogP contribution in [0.4, 0.5) is 0 Å². The molecule has 0 saturated carbocycles. The third-order valence-corrected chi connectivity index (χ3v) is 2.48. The highest BCUT2D eigenvalue weighted by atomic mass is 35.5. The van der Waals surface area contributed by atoms with Gasteiger partial charge in [0.15, 0.2) is 0 Å². The van der Waals surface area contributed by atoms with E-state index in [4.69, 9.17) is 10.5 Å². The second kappa shape index (κ2) is 6.33. The van der Waals surface area contributed by atoms with Crippen molar-refractivity contribution in [1.29, 1.82) is 0 Å². The van der Waals surface area contributed by atoms with Crippen LogP contribution in [-0.4, -0.2) is 17.1 Å². The zero-order chi connectivity index (χ0) is 12.3. The lowest BCUT2D eigenvalue weighted by molar-refractivity contribution is 0.416. The Morgan fingerprint density at radius 1 is 1.22 bits per heavy atom. The van der Waals surface area contributed by atoms with Gasteiger partial charge in [-0.15, -0.1) is 12.4 Å². The average molecular weight is 266 g/mol. The van der Waals surface area contributed by atoms with Crippen LogP contribution in [0.1, 0.15) is 11.5 Å². The highest BCUT2D eigenvalue weighted by molar-refractivity contribution is 5.85. The maximum absolute atomic E-state index is 5.61. The van der Waals surface area contributed by atoms with Gasteiger partial charge in [0.05, 0.1) is 18.5 Å². The molecule has 4 nitrogen and oxygen atoms in total. The fourth-order valence-corrected chi connectivity index (χ4v) is 1.73. The van der Waals surface area contributed by atoms with Crippen LogP contribution in [0.5, 0.6) is 5.75 Å². The summed E-state index contributed by atoms with van der Waals surface area (Å²) >= 11 is 0. The number of nitrogens with two attached hydrogens (primary N) is 1. The molecule has 5 heteroatoms. The SMILES string of the molecule is COc1ccccc1-c1cc(CN)nc(C)n1.Cl. The van der Waals surface area contributed by atoms with E-state index in [1.165, 1.54) is 0 Å². The van der Waals surface area contributed by atoms with E-state index in [0.717, 1.165) is 22.7 Å². The van der Waals surface area contributed by atoms with E-state index in [1.807, 2.05) is 37.3 Å². The van der Waals surface area contributed by atoms with E-state index in [-0.39, 0.29) is 12.4 Å². The molecule has 0 aliphatic carbocycles. The van der Waals surface area contributed by atoms with Gasteiger partial charge in [-0.2, -0.15) is 0 Å². The number of para-hydroxylation sites is 1. The van der Waals surface area contributed by atoms with Gasteiger partial charge < -0.3 is 10.5 Å². The number of aromatic nitrogens is 2. The van der Waals surface area contributed by atoms with E-state index >= 15 is 0 Å². The molecule has 0 saturated heterocycles. The van der Waals surface area contributed by atoms with Gasteiger partial charge in [-0.3, -0.25) is 0 Å². The lowest BCUT2D eigenvalue weighted by atomic mass is 10.1. The van der Waals surface area contributed by atoms with Gasteiger partial charge in [-0.05, 0) is 25.1 Å². The molecule has 0 fully saturated rings. The minimum atomic E-state index is 0. The summed E-state index contributed by atoms with van der Waals surface area (Å²) in [5, 5.41) is 0. The van der Waals surface area contributed by atoms with Crippen LogP contribution in [0.2, 0.25) is 0 Å². The second-order valence-corrected chi connectivity index (χ2v) is 3.70. The molecule has 0 spiro atoms. The van der Waals surface area contributed by atoms with Gasteiger partial charge in [0.2, 0.25) is 0 Å². The van der Waals surface area contributed by atoms with E-state index in [0.29, 0.717) is 12.4 Å². The molecule has 96 valence electrons. The Labute approximate surface area is 113 Å². The molecule has 0 bridgehead atoms. The minimum Gasteiger partial charge on any atom is -0.496 e. The Morgan fingerprint density at radius 3 is 2.61 bits per heavy atom. The minimum absolute atomic E-state index is 0. The number of ether oxygens (including phenoxy) is 1. The number of nitrogens with zero attached hydrogens (tertiary/aromatic N) is 2. The first-order chi connectivity index (χ1) is 8.24. The van der Waals surface area contributed by atoms with Crippen molar-refractivity contribution in [3.63, 3.8) is 0 Å². The first-order valence-electron chi connectivity index (χ1n) is 5.42. The standard InChI is InChI=1S/C13H15N3O.ClH/c1-9-15-10(8-14)7-12(16-9)11-5-3-4-6-13(11)17-2;/h3-7H,8,14H2,1-2H3;1H. The average Bonchev–Trinajstić information content (AvgIpc) is 2.37. The third kappa shape index (κ3) is 2.97. The fraction of sp³-hybridized carbons (Fsp3) is 0.231. The number of benzene rings is 1. The Bertz CT molecular complexity index is 531. The highest BCUT2D eigenvalue weighted by Gasteiger charge is 2.08.